The third-order valence-corrected chi connectivity index (χ3v) is 4.23. The summed E-state index contributed by atoms with van der Waals surface area (Å²) in [6.45, 7) is 4.83. The lowest BCUT2D eigenvalue weighted by Crippen LogP contribution is -2.58. The summed E-state index contributed by atoms with van der Waals surface area (Å²) in [5.74, 6) is 0.899. The molecule has 3 rings (SSSR count). The van der Waals surface area contributed by atoms with Crippen molar-refractivity contribution in [2.75, 3.05) is 31.1 Å². The second kappa shape index (κ2) is 5.72. The number of thiophene rings is 1. The number of nitrogens with one attached hydrogen (secondary N) is 2. The lowest BCUT2D eigenvalue weighted by molar-refractivity contribution is -0.122. The van der Waals surface area contributed by atoms with E-state index >= 15 is 0 Å². The van der Waals surface area contributed by atoms with Crippen molar-refractivity contribution in [2.24, 2.45) is 0 Å². The van der Waals surface area contributed by atoms with Gasteiger partial charge in [-0.15, -0.1) is 11.3 Å². The van der Waals surface area contributed by atoms with Gasteiger partial charge in [0.1, 0.15) is 23.0 Å². The molecule has 0 bridgehead atoms. The molecule has 1 aliphatic rings. The highest BCUT2D eigenvalue weighted by atomic mass is 32.1. The number of likely N-dealkylation sites (N-methyl/N-ethyl adjacent to an activating group) is 1. The van der Waals surface area contributed by atoms with E-state index in [9.17, 15) is 4.79 Å². The summed E-state index contributed by atoms with van der Waals surface area (Å²) in [5, 5.41) is 9.20. The molecule has 20 heavy (non-hydrogen) atoms. The number of hydrogen-bond acceptors (Lipinski definition) is 6. The van der Waals surface area contributed by atoms with E-state index in [0.29, 0.717) is 13.1 Å². The lowest BCUT2D eigenvalue weighted by atomic mass is 10.1. The Labute approximate surface area is 121 Å². The molecule has 0 saturated carbocycles. The molecule has 7 heteroatoms. The van der Waals surface area contributed by atoms with E-state index in [1.165, 1.54) is 0 Å². The average molecular weight is 291 g/mol. The van der Waals surface area contributed by atoms with Crippen LogP contribution in [-0.2, 0) is 4.79 Å². The molecule has 0 aliphatic carbocycles. The largest absolute Gasteiger partial charge is 0.355 e. The third-order valence-electron chi connectivity index (χ3n) is 3.41. The number of fused-ring (bicyclic) bond motifs is 1. The van der Waals surface area contributed by atoms with Crippen LogP contribution in [0.15, 0.2) is 17.8 Å². The van der Waals surface area contributed by atoms with Crippen LogP contribution >= 0.6 is 11.3 Å². The summed E-state index contributed by atoms with van der Waals surface area (Å²) >= 11 is 1.59. The van der Waals surface area contributed by atoms with Gasteiger partial charge in [0, 0.05) is 26.2 Å². The molecule has 2 N–H and O–H groups in total. The Kier molecular flexibility index (Phi) is 3.79. The minimum absolute atomic E-state index is 0.0432. The first-order valence-corrected chi connectivity index (χ1v) is 7.62. The van der Waals surface area contributed by atoms with E-state index in [1.807, 2.05) is 18.4 Å². The Hall–Kier alpha value is -1.73. The Morgan fingerprint density at radius 2 is 2.50 bits per heavy atom. The molecule has 1 saturated heterocycles. The quantitative estimate of drug-likeness (QED) is 0.867. The first-order chi connectivity index (χ1) is 9.81. The fourth-order valence-corrected chi connectivity index (χ4v) is 3.22. The van der Waals surface area contributed by atoms with Gasteiger partial charge in [-0.05, 0) is 18.4 Å². The van der Waals surface area contributed by atoms with Crippen molar-refractivity contribution >= 4 is 33.3 Å². The van der Waals surface area contributed by atoms with Crippen LogP contribution in [0, 0.1) is 0 Å². The molecule has 1 fully saturated rings. The maximum atomic E-state index is 12.2. The molecular formula is C13H17N5OS. The van der Waals surface area contributed by atoms with Gasteiger partial charge in [-0.25, -0.2) is 9.97 Å². The number of anilines is 1. The second-order valence-corrected chi connectivity index (χ2v) is 5.54. The van der Waals surface area contributed by atoms with Gasteiger partial charge in [-0.3, -0.25) is 4.79 Å². The highest BCUT2D eigenvalue weighted by molar-refractivity contribution is 7.16. The molecule has 0 radical (unpaired) electrons. The van der Waals surface area contributed by atoms with Crippen LogP contribution in [0.4, 0.5) is 5.82 Å². The number of amides is 1. The number of carbonyl (C=O) groups is 1. The van der Waals surface area contributed by atoms with Crippen LogP contribution in [0.5, 0.6) is 0 Å². The zero-order chi connectivity index (χ0) is 13.9. The molecule has 2 aromatic heterocycles. The lowest BCUT2D eigenvalue weighted by Gasteiger charge is -2.36. The van der Waals surface area contributed by atoms with Gasteiger partial charge in [0.05, 0.1) is 5.39 Å². The Balaban J connectivity index is 1.97. The smallest absolute Gasteiger partial charge is 0.244 e. The van der Waals surface area contributed by atoms with E-state index in [1.54, 1.807) is 17.7 Å². The van der Waals surface area contributed by atoms with Crippen LogP contribution in [-0.4, -0.2) is 48.1 Å². The molecule has 1 unspecified atom stereocenters. The van der Waals surface area contributed by atoms with Gasteiger partial charge >= 0.3 is 0 Å². The van der Waals surface area contributed by atoms with Gasteiger partial charge in [0.2, 0.25) is 5.91 Å². The summed E-state index contributed by atoms with van der Waals surface area (Å²) in [5.41, 5.74) is 0. The minimum atomic E-state index is -0.221. The van der Waals surface area contributed by atoms with Gasteiger partial charge in [-0.1, -0.05) is 0 Å². The van der Waals surface area contributed by atoms with Crippen molar-refractivity contribution < 1.29 is 4.79 Å². The molecule has 0 aromatic carbocycles. The maximum Gasteiger partial charge on any atom is 0.244 e. The molecule has 106 valence electrons. The number of rotatable bonds is 3. The summed E-state index contributed by atoms with van der Waals surface area (Å²) in [6.07, 6.45) is 1.57. The van der Waals surface area contributed by atoms with Crippen molar-refractivity contribution in [3.8, 4) is 0 Å². The number of hydrogen-bond donors (Lipinski definition) is 2. The molecule has 1 atom stereocenters. The third kappa shape index (κ3) is 2.34. The number of aromatic nitrogens is 2. The maximum absolute atomic E-state index is 12.2. The fraction of sp³-hybridized carbons (Fsp3) is 0.462. The summed E-state index contributed by atoms with van der Waals surface area (Å²) in [7, 11) is 0. The molecular weight excluding hydrogens is 274 g/mol. The molecule has 1 aliphatic heterocycles. The minimum Gasteiger partial charge on any atom is -0.355 e. The summed E-state index contributed by atoms with van der Waals surface area (Å²) in [4.78, 5) is 23.9. The van der Waals surface area contributed by atoms with Crippen molar-refractivity contribution in [2.45, 2.75) is 13.0 Å². The van der Waals surface area contributed by atoms with E-state index < -0.39 is 0 Å². The Morgan fingerprint density at radius 1 is 1.60 bits per heavy atom. The van der Waals surface area contributed by atoms with Crippen molar-refractivity contribution in [1.82, 2.24) is 20.6 Å². The van der Waals surface area contributed by atoms with Crippen LogP contribution < -0.4 is 15.5 Å². The molecule has 1 amide bonds. The second-order valence-electron chi connectivity index (χ2n) is 4.64. The van der Waals surface area contributed by atoms with Crippen LogP contribution in [0.1, 0.15) is 6.92 Å². The Bertz CT molecular complexity index is 614. The first kappa shape index (κ1) is 13.3. The number of piperazine rings is 1. The Morgan fingerprint density at radius 3 is 3.35 bits per heavy atom. The van der Waals surface area contributed by atoms with Crippen LogP contribution in [0.25, 0.3) is 10.2 Å². The number of carbonyl (C=O) groups excluding carboxylic acids is 1. The number of nitrogens with zero attached hydrogens (tertiary/aromatic N) is 3. The van der Waals surface area contributed by atoms with Crippen molar-refractivity contribution in [1.29, 1.82) is 0 Å². The zero-order valence-corrected chi connectivity index (χ0v) is 12.1. The van der Waals surface area contributed by atoms with Gasteiger partial charge in [-0.2, -0.15) is 0 Å². The predicted molar refractivity (Wildman–Crippen MR) is 80.1 cm³/mol. The van der Waals surface area contributed by atoms with Gasteiger partial charge < -0.3 is 15.5 Å². The normalized spacial score (nSPS) is 19.2. The highest BCUT2D eigenvalue weighted by Crippen LogP contribution is 2.28. The molecule has 2 aromatic rings. The van der Waals surface area contributed by atoms with E-state index in [2.05, 4.69) is 25.5 Å². The molecule has 3 heterocycles. The monoisotopic (exact) mass is 291 g/mol. The van der Waals surface area contributed by atoms with Crippen molar-refractivity contribution in [3.63, 3.8) is 0 Å². The summed E-state index contributed by atoms with van der Waals surface area (Å²) in [6, 6.07) is 1.80. The SMILES string of the molecule is CCNC(=O)C1CNCCN1c1ncnc2sccc12. The van der Waals surface area contributed by atoms with E-state index in [-0.39, 0.29) is 11.9 Å². The van der Waals surface area contributed by atoms with Crippen LogP contribution in [0.2, 0.25) is 0 Å². The highest BCUT2D eigenvalue weighted by Gasteiger charge is 2.30. The predicted octanol–water partition coefficient (Wildman–Crippen LogP) is 0.606. The van der Waals surface area contributed by atoms with E-state index in [0.717, 1.165) is 29.1 Å². The van der Waals surface area contributed by atoms with E-state index in [4.69, 9.17) is 0 Å². The zero-order valence-electron chi connectivity index (χ0n) is 11.3. The van der Waals surface area contributed by atoms with Crippen molar-refractivity contribution in [3.05, 3.63) is 17.8 Å². The molecule has 6 nitrogen and oxygen atoms in total. The van der Waals surface area contributed by atoms with Gasteiger partial charge in [0.25, 0.3) is 0 Å². The standard InChI is InChI=1S/C13H17N5OS/c1-2-15-12(19)10-7-14-4-5-18(10)11-9-3-6-20-13(9)17-8-16-11/h3,6,8,10,14H,2,4-5,7H2,1H3,(H,15,19). The summed E-state index contributed by atoms with van der Waals surface area (Å²) < 4.78 is 0. The van der Waals surface area contributed by atoms with Gasteiger partial charge in [0.15, 0.2) is 0 Å². The van der Waals surface area contributed by atoms with Crippen LogP contribution in [0.3, 0.4) is 0 Å². The first-order valence-electron chi connectivity index (χ1n) is 6.74. The average Bonchev–Trinajstić information content (AvgIpc) is 2.96. The topological polar surface area (TPSA) is 70.2 Å². The fourth-order valence-electron chi connectivity index (χ4n) is 2.49. The molecule has 0 spiro atoms.